The second-order valence-corrected chi connectivity index (χ2v) is 9.17. The van der Waals surface area contributed by atoms with Gasteiger partial charge in [-0.3, -0.25) is 0 Å². The molecule has 1 saturated heterocycles. The average Bonchev–Trinajstić information content (AvgIpc) is 2.76. The van der Waals surface area contributed by atoms with E-state index in [0.717, 1.165) is 44.5 Å². The highest BCUT2D eigenvalue weighted by Gasteiger charge is 2.30. The zero-order valence-corrected chi connectivity index (χ0v) is 18.4. The average molecular weight is 408 g/mol. The SMILES string of the molecule is CN(C(=O)OCc1ccccc1)C1CCCc2ccc(N3CCNC(C)(C)C3)cc21. The van der Waals surface area contributed by atoms with Crippen molar-refractivity contribution in [3.8, 4) is 0 Å². The first-order chi connectivity index (χ1) is 14.4. The summed E-state index contributed by atoms with van der Waals surface area (Å²) in [4.78, 5) is 17.0. The van der Waals surface area contributed by atoms with Crippen LogP contribution in [-0.2, 0) is 17.8 Å². The van der Waals surface area contributed by atoms with E-state index in [4.69, 9.17) is 4.74 Å². The van der Waals surface area contributed by atoms with E-state index in [2.05, 4.69) is 42.3 Å². The second-order valence-electron chi connectivity index (χ2n) is 9.17. The third-order valence-corrected chi connectivity index (χ3v) is 6.31. The summed E-state index contributed by atoms with van der Waals surface area (Å²) < 4.78 is 5.60. The number of aryl methyl sites for hydroxylation is 1. The fraction of sp³-hybridized carbons (Fsp3) is 0.480. The molecule has 0 saturated carbocycles. The third kappa shape index (κ3) is 4.62. The third-order valence-electron chi connectivity index (χ3n) is 6.31. The van der Waals surface area contributed by atoms with E-state index in [0.29, 0.717) is 6.61 Å². The zero-order chi connectivity index (χ0) is 21.1. The fourth-order valence-electron chi connectivity index (χ4n) is 4.67. The monoisotopic (exact) mass is 407 g/mol. The molecule has 0 aromatic heterocycles. The highest BCUT2D eigenvalue weighted by atomic mass is 16.6. The van der Waals surface area contributed by atoms with Crippen LogP contribution < -0.4 is 10.2 Å². The van der Waals surface area contributed by atoms with Crippen LogP contribution in [-0.4, -0.2) is 43.2 Å². The van der Waals surface area contributed by atoms with E-state index in [-0.39, 0.29) is 17.7 Å². The molecule has 2 aliphatic rings. The predicted molar refractivity (Wildman–Crippen MR) is 121 cm³/mol. The molecule has 1 amide bonds. The van der Waals surface area contributed by atoms with E-state index in [1.807, 2.05) is 37.4 Å². The van der Waals surface area contributed by atoms with Crippen molar-refractivity contribution in [1.82, 2.24) is 10.2 Å². The minimum atomic E-state index is -0.259. The summed E-state index contributed by atoms with van der Waals surface area (Å²) in [6.07, 6.45) is 2.88. The van der Waals surface area contributed by atoms with Crippen LogP contribution in [0.25, 0.3) is 0 Å². The number of ether oxygens (including phenoxy) is 1. The van der Waals surface area contributed by atoms with Crippen LogP contribution in [0.5, 0.6) is 0 Å². The maximum atomic E-state index is 12.8. The van der Waals surface area contributed by atoms with Gasteiger partial charge in [-0.15, -0.1) is 0 Å². The molecule has 1 N–H and O–H groups in total. The van der Waals surface area contributed by atoms with Gasteiger partial charge in [-0.1, -0.05) is 36.4 Å². The number of anilines is 1. The molecular weight excluding hydrogens is 374 g/mol. The molecule has 4 rings (SSSR count). The lowest BCUT2D eigenvalue weighted by atomic mass is 9.86. The molecule has 1 aliphatic carbocycles. The number of hydrogen-bond acceptors (Lipinski definition) is 4. The maximum Gasteiger partial charge on any atom is 0.410 e. The van der Waals surface area contributed by atoms with Crippen LogP contribution in [0.4, 0.5) is 10.5 Å². The quantitative estimate of drug-likeness (QED) is 0.809. The molecule has 0 spiro atoms. The molecule has 5 nitrogen and oxygen atoms in total. The van der Waals surface area contributed by atoms with Crippen molar-refractivity contribution >= 4 is 11.8 Å². The number of fused-ring (bicyclic) bond motifs is 1. The normalized spacial score (nSPS) is 20.4. The summed E-state index contributed by atoms with van der Waals surface area (Å²) in [7, 11) is 1.87. The largest absolute Gasteiger partial charge is 0.445 e. The van der Waals surface area contributed by atoms with Gasteiger partial charge in [0.25, 0.3) is 0 Å². The van der Waals surface area contributed by atoms with E-state index in [1.54, 1.807) is 4.90 Å². The summed E-state index contributed by atoms with van der Waals surface area (Å²) >= 11 is 0. The van der Waals surface area contributed by atoms with Crippen LogP contribution in [0.1, 0.15) is 49.4 Å². The molecule has 5 heteroatoms. The molecule has 30 heavy (non-hydrogen) atoms. The molecule has 1 unspecified atom stereocenters. The number of rotatable bonds is 4. The van der Waals surface area contributed by atoms with Crippen molar-refractivity contribution in [1.29, 1.82) is 0 Å². The zero-order valence-electron chi connectivity index (χ0n) is 18.4. The molecule has 1 fully saturated rings. The van der Waals surface area contributed by atoms with Crippen LogP contribution in [0, 0.1) is 0 Å². The van der Waals surface area contributed by atoms with Gasteiger partial charge in [0.1, 0.15) is 6.61 Å². The molecule has 0 bridgehead atoms. The summed E-state index contributed by atoms with van der Waals surface area (Å²) in [5.74, 6) is 0. The summed E-state index contributed by atoms with van der Waals surface area (Å²) in [6.45, 7) is 7.76. The molecule has 1 aliphatic heterocycles. The number of piperazine rings is 1. The lowest BCUT2D eigenvalue weighted by Crippen LogP contribution is -2.57. The van der Waals surface area contributed by atoms with Gasteiger partial charge >= 0.3 is 6.09 Å². The minimum Gasteiger partial charge on any atom is -0.445 e. The molecular formula is C25H33N3O2. The van der Waals surface area contributed by atoms with Crippen molar-refractivity contribution in [2.75, 3.05) is 31.6 Å². The van der Waals surface area contributed by atoms with Gasteiger partial charge in [0.2, 0.25) is 0 Å². The molecule has 2 aromatic rings. The highest BCUT2D eigenvalue weighted by Crippen LogP contribution is 2.36. The number of amides is 1. The number of hydrogen-bond donors (Lipinski definition) is 1. The number of nitrogens with one attached hydrogen (secondary N) is 1. The molecule has 1 heterocycles. The molecule has 2 aromatic carbocycles. The van der Waals surface area contributed by atoms with Crippen molar-refractivity contribution in [2.45, 2.75) is 51.3 Å². The minimum absolute atomic E-state index is 0.0629. The first-order valence-corrected chi connectivity index (χ1v) is 11.0. The lowest BCUT2D eigenvalue weighted by Gasteiger charge is -2.41. The van der Waals surface area contributed by atoms with Gasteiger partial charge in [-0.25, -0.2) is 4.79 Å². The number of benzene rings is 2. The Kier molecular flexibility index (Phi) is 6.00. The standard InChI is InChI=1S/C25H33N3O2/c1-25(2)18-28(15-14-26-25)21-13-12-20-10-7-11-23(22(20)16-21)27(3)24(29)30-17-19-8-5-4-6-9-19/h4-6,8-9,12-13,16,23,26H,7,10-11,14-15,17-18H2,1-3H3. The summed E-state index contributed by atoms with van der Waals surface area (Å²) in [6, 6.07) is 16.7. The predicted octanol–water partition coefficient (Wildman–Crippen LogP) is 4.52. The second kappa shape index (κ2) is 8.68. The number of nitrogens with zero attached hydrogens (tertiary/aromatic N) is 2. The van der Waals surface area contributed by atoms with Gasteiger partial charge in [-0.2, -0.15) is 0 Å². The van der Waals surface area contributed by atoms with Gasteiger partial charge in [0.15, 0.2) is 0 Å². The summed E-state index contributed by atoms with van der Waals surface area (Å²) in [5, 5.41) is 3.58. The Morgan fingerprint density at radius 3 is 2.80 bits per heavy atom. The Morgan fingerprint density at radius 1 is 1.23 bits per heavy atom. The van der Waals surface area contributed by atoms with Crippen LogP contribution in [0.15, 0.2) is 48.5 Å². The van der Waals surface area contributed by atoms with E-state index >= 15 is 0 Å². The first-order valence-electron chi connectivity index (χ1n) is 11.0. The molecule has 0 radical (unpaired) electrons. The Bertz CT molecular complexity index is 881. The Hall–Kier alpha value is -2.53. The van der Waals surface area contributed by atoms with Crippen molar-refractivity contribution < 1.29 is 9.53 Å². The smallest absolute Gasteiger partial charge is 0.410 e. The van der Waals surface area contributed by atoms with E-state index < -0.39 is 0 Å². The van der Waals surface area contributed by atoms with E-state index in [1.165, 1.54) is 16.8 Å². The Balaban J connectivity index is 1.49. The van der Waals surface area contributed by atoms with Gasteiger partial charge in [0, 0.05) is 37.9 Å². The molecule has 1 atom stereocenters. The van der Waals surface area contributed by atoms with Gasteiger partial charge in [-0.05, 0) is 61.9 Å². The van der Waals surface area contributed by atoms with Crippen LogP contribution in [0.2, 0.25) is 0 Å². The first kappa shape index (κ1) is 20.7. The Morgan fingerprint density at radius 2 is 2.03 bits per heavy atom. The Labute approximate surface area is 180 Å². The van der Waals surface area contributed by atoms with E-state index in [9.17, 15) is 4.79 Å². The number of carbonyl (C=O) groups is 1. The van der Waals surface area contributed by atoms with Crippen molar-refractivity contribution in [2.24, 2.45) is 0 Å². The molecule has 160 valence electrons. The fourth-order valence-corrected chi connectivity index (χ4v) is 4.67. The van der Waals surface area contributed by atoms with Crippen LogP contribution in [0.3, 0.4) is 0 Å². The van der Waals surface area contributed by atoms with Gasteiger partial charge in [0.05, 0.1) is 6.04 Å². The number of carbonyl (C=O) groups excluding carboxylic acids is 1. The van der Waals surface area contributed by atoms with Crippen LogP contribution >= 0.6 is 0 Å². The lowest BCUT2D eigenvalue weighted by molar-refractivity contribution is 0.0876. The van der Waals surface area contributed by atoms with Gasteiger partial charge < -0.3 is 19.9 Å². The van der Waals surface area contributed by atoms with Crippen molar-refractivity contribution in [3.63, 3.8) is 0 Å². The summed E-state index contributed by atoms with van der Waals surface area (Å²) in [5.41, 5.74) is 4.99. The highest BCUT2D eigenvalue weighted by molar-refractivity contribution is 5.68. The topological polar surface area (TPSA) is 44.8 Å². The van der Waals surface area contributed by atoms with Crippen molar-refractivity contribution in [3.05, 3.63) is 65.2 Å². The maximum absolute atomic E-state index is 12.8.